The van der Waals surface area contributed by atoms with Crippen LogP contribution >= 0.6 is 11.8 Å². The molecule has 0 unspecified atom stereocenters. The van der Waals surface area contributed by atoms with Gasteiger partial charge in [0, 0.05) is 25.8 Å². The van der Waals surface area contributed by atoms with Gasteiger partial charge in [-0.25, -0.2) is 0 Å². The summed E-state index contributed by atoms with van der Waals surface area (Å²) in [6.07, 6.45) is 1.22. The first kappa shape index (κ1) is 19.5. The highest BCUT2D eigenvalue weighted by Gasteiger charge is 2.53. The van der Waals surface area contributed by atoms with Crippen LogP contribution in [-0.4, -0.2) is 59.3 Å². The van der Waals surface area contributed by atoms with Crippen molar-refractivity contribution in [1.82, 2.24) is 4.90 Å². The van der Waals surface area contributed by atoms with Gasteiger partial charge in [0.25, 0.3) is 5.24 Å². The van der Waals surface area contributed by atoms with Crippen molar-refractivity contribution < 1.29 is 24.1 Å². The Balaban J connectivity index is 1.82. The van der Waals surface area contributed by atoms with Crippen molar-refractivity contribution in [2.45, 2.75) is 56.8 Å². The number of nitrogens with zero attached hydrogens (tertiary/aromatic N) is 1. The van der Waals surface area contributed by atoms with Crippen LogP contribution in [0.25, 0.3) is 0 Å². The lowest BCUT2D eigenvalue weighted by atomic mass is 9.91. The first-order valence-electron chi connectivity index (χ1n) is 8.98. The maximum absolute atomic E-state index is 12.5. The van der Waals surface area contributed by atoms with Gasteiger partial charge in [0.05, 0.1) is 25.4 Å². The van der Waals surface area contributed by atoms with E-state index >= 15 is 0 Å². The molecule has 2 aliphatic heterocycles. The molecule has 6 nitrogen and oxygen atoms in total. The molecule has 0 radical (unpaired) electrons. The molecule has 144 valence electrons. The van der Waals surface area contributed by atoms with Crippen LogP contribution in [0.3, 0.4) is 0 Å². The van der Waals surface area contributed by atoms with Crippen molar-refractivity contribution in [3.63, 3.8) is 0 Å². The Kier molecular flexibility index (Phi) is 6.12. The minimum Gasteiger partial charge on any atom is -0.497 e. The summed E-state index contributed by atoms with van der Waals surface area (Å²) in [7, 11) is 3.23. The van der Waals surface area contributed by atoms with Gasteiger partial charge in [-0.2, -0.15) is 0 Å². The monoisotopic (exact) mass is 381 g/mol. The van der Waals surface area contributed by atoms with E-state index in [0.717, 1.165) is 17.7 Å². The second-order valence-electron chi connectivity index (χ2n) is 6.83. The molecule has 0 saturated carbocycles. The fraction of sp³-hybridized carbons (Fsp3) is 0.632. The lowest BCUT2D eigenvalue weighted by molar-refractivity contribution is -0.304. The molecule has 1 N–H and O–H groups in total. The van der Waals surface area contributed by atoms with Crippen molar-refractivity contribution in [2.24, 2.45) is 0 Å². The number of benzene rings is 1. The predicted octanol–water partition coefficient (Wildman–Crippen LogP) is 3.03. The average Bonchev–Trinajstić information content (AvgIpc) is 3.02. The molecule has 1 aromatic carbocycles. The van der Waals surface area contributed by atoms with Gasteiger partial charge in [0.2, 0.25) is 0 Å². The molecule has 3 rings (SSSR count). The van der Waals surface area contributed by atoms with Crippen molar-refractivity contribution >= 4 is 17.0 Å². The van der Waals surface area contributed by atoms with Crippen molar-refractivity contribution in [2.75, 3.05) is 20.0 Å². The standard InChI is InChI=1S/C19H27NO5S/c1-4-15-9-14(21)10-19(24-3,25-15)17-12-26-18(22)20(17)11-13-5-7-16(23-2)8-6-13/h5-8,14-15,17,21H,4,9-12H2,1-3H3/t14-,15-,17+,19-/m1/s1. The topological polar surface area (TPSA) is 68.2 Å². The van der Waals surface area contributed by atoms with E-state index in [0.29, 0.717) is 25.1 Å². The van der Waals surface area contributed by atoms with Gasteiger partial charge in [-0.1, -0.05) is 30.8 Å². The number of amides is 1. The lowest BCUT2D eigenvalue weighted by Crippen LogP contribution is -2.60. The van der Waals surface area contributed by atoms with Crippen LogP contribution in [0.4, 0.5) is 4.79 Å². The summed E-state index contributed by atoms with van der Waals surface area (Å²) in [5.74, 6) is 0.404. The van der Waals surface area contributed by atoms with E-state index in [1.807, 2.05) is 31.2 Å². The molecular weight excluding hydrogens is 354 g/mol. The van der Waals surface area contributed by atoms with Crippen molar-refractivity contribution in [1.29, 1.82) is 0 Å². The lowest BCUT2D eigenvalue weighted by Gasteiger charge is -2.47. The van der Waals surface area contributed by atoms with Crippen molar-refractivity contribution in [3.05, 3.63) is 29.8 Å². The van der Waals surface area contributed by atoms with Gasteiger partial charge in [0.15, 0.2) is 5.79 Å². The van der Waals surface area contributed by atoms with Gasteiger partial charge in [-0.15, -0.1) is 0 Å². The zero-order chi connectivity index (χ0) is 18.7. The van der Waals surface area contributed by atoms with E-state index in [4.69, 9.17) is 14.2 Å². The number of carbonyl (C=O) groups is 1. The molecule has 2 saturated heterocycles. The van der Waals surface area contributed by atoms with E-state index < -0.39 is 11.9 Å². The highest BCUT2D eigenvalue weighted by atomic mass is 32.2. The Morgan fingerprint density at radius 3 is 2.69 bits per heavy atom. The summed E-state index contributed by atoms with van der Waals surface area (Å²) in [6, 6.07) is 7.45. The third-order valence-electron chi connectivity index (χ3n) is 5.22. The Morgan fingerprint density at radius 2 is 2.08 bits per heavy atom. The summed E-state index contributed by atoms with van der Waals surface area (Å²) in [4.78, 5) is 14.3. The molecule has 1 amide bonds. The van der Waals surface area contributed by atoms with Crippen LogP contribution in [-0.2, 0) is 16.0 Å². The highest BCUT2D eigenvalue weighted by Crippen LogP contribution is 2.41. The molecule has 4 atom stereocenters. The zero-order valence-electron chi connectivity index (χ0n) is 15.5. The van der Waals surface area contributed by atoms with E-state index in [2.05, 4.69) is 0 Å². The average molecular weight is 381 g/mol. The van der Waals surface area contributed by atoms with Crippen LogP contribution < -0.4 is 4.74 Å². The number of aliphatic hydroxyl groups excluding tert-OH is 1. The second kappa shape index (κ2) is 8.17. The summed E-state index contributed by atoms with van der Waals surface area (Å²) in [5, 5.41) is 10.4. The maximum Gasteiger partial charge on any atom is 0.282 e. The van der Waals surface area contributed by atoms with Crippen LogP contribution in [0.1, 0.15) is 31.7 Å². The number of hydrogen-bond acceptors (Lipinski definition) is 6. The number of hydrogen-bond donors (Lipinski definition) is 1. The Labute approximate surface area is 158 Å². The largest absolute Gasteiger partial charge is 0.497 e. The Hall–Kier alpha value is -1.28. The number of thioether (sulfide) groups is 1. The minimum absolute atomic E-state index is 0.0129. The van der Waals surface area contributed by atoms with Crippen molar-refractivity contribution in [3.8, 4) is 5.75 Å². The third kappa shape index (κ3) is 3.86. The first-order valence-corrected chi connectivity index (χ1v) is 9.97. The summed E-state index contributed by atoms with van der Waals surface area (Å²) >= 11 is 1.28. The second-order valence-corrected chi connectivity index (χ2v) is 7.80. The number of methoxy groups -OCH3 is 2. The van der Waals surface area contributed by atoms with Crippen LogP contribution in [0.2, 0.25) is 0 Å². The van der Waals surface area contributed by atoms with Crippen LogP contribution in [0, 0.1) is 0 Å². The smallest absolute Gasteiger partial charge is 0.282 e. The molecule has 0 aromatic heterocycles. The highest BCUT2D eigenvalue weighted by molar-refractivity contribution is 8.13. The summed E-state index contributed by atoms with van der Waals surface area (Å²) in [6.45, 7) is 2.51. The zero-order valence-corrected chi connectivity index (χ0v) is 16.3. The number of aliphatic hydroxyl groups is 1. The van der Waals surface area contributed by atoms with Gasteiger partial charge in [-0.3, -0.25) is 4.79 Å². The Morgan fingerprint density at radius 1 is 1.35 bits per heavy atom. The van der Waals surface area contributed by atoms with Crippen LogP contribution in [0.5, 0.6) is 5.75 Å². The SMILES string of the molecule is CC[C@@H]1C[C@@H](O)C[C@](OC)([C@@H]2CSC(=O)N2Cc2ccc(OC)cc2)O1. The van der Waals surface area contributed by atoms with E-state index in [1.165, 1.54) is 11.8 Å². The summed E-state index contributed by atoms with van der Waals surface area (Å²) < 4.78 is 17.3. The van der Waals surface area contributed by atoms with E-state index in [-0.39, 0.29) is 17.4 Å². The number of carbonyl (C=O) groups excluding carboxylic acids is 1. The molecule has 1 aromatic rings. The molecule has 2 heterocycles. The molecule has 0 spiro atoms. The molecule has 0 bridgehead atoms. The normalized spacial score (nSPS) is 32.1. The summed E-state index contributed by atoms with van der Waals surface area (Å²) in [5.41, 5.74) is 1.02. The fourth-order valence-corrected chi connectivity index (χ4v) is 4.83. The predicted molar refractivity (Wildman–Crippen MR) is 100 cm³/mol. The number of rotatable bonds is 6. The fourth-order valence-electron chi connectivity index (χ4n) is 3.74. The van der Waals surface area contributed by atoms with Gasteiger partial charge in [-0.05, 0) is 30.5 Å². The van der Waals surface area contributed by atoms with Gasteiger partial charge < -0.3 is 24.2 Å². The minimum atomic E-state index is -0.968. The van der Waals surface area contributed by atoms with Gasteiger partial charge in [0.1, 0.15) is 5.75 Å². The molecular formula is C19H27NO5S. The molecule has 0 aliphatic carbocycles. The van der Waals surface area contributed by atoms with E-state index in [1.54, 1.807) is 19.1 Å². The quantitative estimate of drug-likeness (QED) is 0.817. The maximum atomic E-state index is 12.5. The molecule has 2 aliphatic rings. The Bertz CT molecular complexity index is 625. The third-order valence-corrected chi connectivity index (χ3v) is 6.18. The number of ether oxygens (including phenoxy) is 3. The molecule has 26 heavy (non-hydrogen) atoms. The van der Waals surface area contributed by atoms with Crippen LogP contribution in [0.15, 0.2) is 24.3 Å². The molecule has 7 heteroatoms. The van der Waals surface area contributed by atoms with Gasteiger partial charge >= 0.3 is 0 Å². The van der Waals surface area contributed by atoms with E-state index in [9.17, 15) is 9.90 Å². The first-order chi connectivity index (χ1) is 12.5. The molecule has 2 fully saturated rings.